The summed E-state index contributed by atoms with van der Waals surface area (Å²) in [6.45, 7) is 8.16. The molecule has 4 heteroatoms. The van der Waals surface area contributed by atoms with Crippen molar-refractivity contribution in [3.8, 4) is 0 Å². The summed E-state index contributed by atoms with van der Waals surface area (Å²) in [5.41, 5.74) is 0.746. The molecule has 0 aliphatic heterocycles. The Bertz CT molecular complexity index is 435. The zero-order valence-electron chi connectivity index (χ0n) is 10.2. The molecule has 1 rings (SSSR count). The Labute approximate surface area is 95.3 Å². The number of aromatic amines is 1. The van der Waals surface area contributed by atoms with Crippen LogP contribution < -0.4 is 5.43 Å². The molecule has 1 amide bonds. The molecule has 88 valence electrons. The van der Waals surface area contributed by atoms with E-state index in [0.29, 0.717) is 6.54 Å². The minimum atomic E-state index is -0.222. The molecule has 1 aromatic rings. The Morgan fingerprint density at radius 1 is 1.50 bits per heavy atom. The maximum absolute atomic E-state index is 12.1. The van der Waals surface area contributed by atoms with Crippen LogP contribution in [-0.4, -0.2) is 28.4 Å². The number of H-pyrrole nitrogens is 1. The number of hydrogen-bond donors (Lipinski definition) is 1. The largest absolute Gasteiger partial charge is 0.364 e. The molecule has 4 nitrogen and oxygen atoms in total. The molecule has 0 aliphatic rings. The Morgan fingerprint density at radius 2 is 2.12 bits per heavy atom. The van der Waals surface area contributed by atoms with Gasteiger partial charge in [0.15, 0.2) is 5.43 Å². The van der Waals surface area contributed by atoms with Crippen LogP contribution in [0, 0.1) is 6.92 Å². The second-order valence-corrected chi connectivity index (χ2v) is 4.08. The van der Waals surface area contributed by atoms with E-state index in [1.165, 1.54) is 12.3 Å². The number of nitrogens with zero attached hydrogens (tertiary/aromatic N) is 1. The molecular formula is C12H18N2O2. The maximum atomic E-state index is 12.1. The molecular weight excluding hydrogens is 204 g/mol. The molecule has 0 aliphatic carbocycles. The van der Waals surface area contributed by atoms with Gasteiger partial charge in [-0.3, -0.25) is 9.59 Å². The van der Waals surface area contributed by atoms with Crippen LogP contribution in [0.15, 0.2) is 17.1 Å². The van der Waals surface area contributed by atoms with Crippen LogP contribution >= 0.6 is 0 Å². The van der Waals surface area contributed by atoms with Gasteiger partial charge >= 0.3 is 0 Å². The average molecular weight is 222 g/mol. The van der Waals surface area contributed by atoms with E-state index < -0.39 is 0 Å². The number of nitrogens with one attached hydrogen (secondary N) is 1. The van der Waals surface area contributed by atoms with Gasteiger partial charge in [-0.15, -0.1) is 0 Å². The van der Waals surface area contributed by atoms with E-state index in [-0.39, 0.29) is 22.9 Å². The number of hydrogen-bond acceptors (Lipinski definition) is 2. The van der Waals surface area contributed by atoms with Crippen molar-refractivity contribution >= 4 is 5.91 Å². The number of pyridine rings is 1. The summed E-state index contributed by atoms with van der Waals surface area (Å²) in [5, 5.41) is 0. The van der Waals surface area contributed by atoms with E-state index >= 15 is 0 Å². The summed E-state index contributed by atoms with van der Waals surface area (Å²) in [6, 6.07) is 1.54. The first-order chi connectivity index (χ1) is 7.47. The Kier molecular flexibility index (Phi) is 3.88. The molecule has 0 spiro atoms. The molecule has 0 aromatic carbocycles. The third-order valence-electron chi connectivity index (χ3n) is 2.51. The molecule has 16 heavy (non-hydrogen) atoms. The molecule has 0 atom stereocenters. The number of rotatable bonds is 3. The fourth-order valence-corrected chi connectivity index (χ4v) is 1.64. The summed E-state index contributed by atoms with van der Waals surface area (Å²) >= 11 is 0. The van der Waals surface area contributed by atoms with Crippen molar-refractivity contribution in [1.82, 2.24) is 9.88 Å². The highest BCUT2D eigenvalue weighted by molar-refractivity contribution is 5.94. The monoisotopic (exact) mass is 222 g/mol. The summed E-state index contributed by atoms with van der Waals surface area (Å²) in [7, 11) is 0. The van der Waals surface area contributed by atoms with E-state index in [1.807, 2.05) is 20.8 Å². The van der Waals surface area contributed by atoms with Gasteiger partial charge in [-0.2, -0.15) is 0 Å². The normalized spacial score (nSPS) is 10.6. The van der Waals surface area contributed by atoms with Crippen molar-refractivity contribution in [3.05, 3.63) is 33.7 Å². The summed E-state index contributed by atoms with van der Waals surface area (Å²) < 4.78 is 0. The van der Waals surface area contributed by atoms with Crippen LogP contribution in [-0.2, 0) is 0 Å². The third-order valence-corrected chi connectivity index (χ3v) is 2.51. The van der Waals surface area contributed by atoms with Crippen LogP contribution in [0.25, 0.3) is 0 Å². The van der Waals surface area contributed by atoms with Gasteiger partial charge in [0.05, 0.1) is 0 Å². The first-order valence-electron chi connectivity index (χ1n) is 5.47. The fraction of sp³-hybridized carbons (Fsp3) is 0.500. The Morgan fingerprint density at radius 3 is 2.56 bits per heavy atom. The quantitative estimate of drug-likeness (QED) is 0.843. The van der Waals surface area contributed by atoms with Crippen molar-refractivity contribution in [2.75, 3.05) is 6.54 Å². The van der Waals surface area contributed by atoms with E-state index in [2.05, 4.69) is 4.98 Å². The van der Waals surface area contributed by atoms with Gasteiger partial charge < -0.3 is 9.88 Å². The lowest BCUT2D eigenvalue weighted by Crippen LogP contribution is -2.39. The molecule has 0 fully saturated rings. The lowest BCUT2D eigenvalue weighted by molar-refractivity contribution is 0.0715. The van der Waals surface area contributed by atoms with Crippen molar-refractivity contribution in [1.29, 1.82) is 0 Å². The average Bonchev–Trinajstić information content (AvgIpc) is 2.17. The minimum absolute atomic E-state index is 0.0956. The molecule has 1 heterocycles. The van der Waals surface area contributed by atoms with Crippen LogP contribution in [0.4, 0.5) is 0 Å². The molecule has 0 radical (unpaired) electrons. The molecule has 0 unspecified atom stereocenters. The predicted octanol–water partition coefficient (Wildman–Crippen LogP) is 1.55. The van der Waals surface area contributed by atoms with E-state index in [0.717, 1.165) is 5.69 Å². The van der Waals surface area contributed by atoms with Gasteiger partial charge in [-0.1, -0.05) is 0 Å². The first kappa shape index (κ1) is 12.5. The Hall–Kier alpha value is -1.58. The fourth-order valence-electron chi connectivity index (χ4n) is 1.64. The van der Waals surface area contributed by atoms with Crippen LogP contribution in [0.2, 0.25) is 0 Å². The predicted molar refractivity (Wildman–Crippen MR) is 63.6 cm³/mol. The lowest BCUT2D eigenvalue weighted by atomic mass is 10.2. The summed E-state index contributed by atoms with van der Waals surface area (Å²) in [6.07, 6.45) is 1.49. The standard InChI is InChI=1S/C12H18N2O2/c1-5-14(8(2)3)12(16)10-7-13-9(4)6-11(10)15/h6-8H,5H2,1-4H3,(H,13,15). The molecule has 0 bridgehead atoms. The second kappa shape index (κ2) is 4.96. The second-order valence-electron chi connectivity index (χ2n) is 4.08. The molecule has 1 aromatic heterocycles. The highest BCUT2D eigenvalue weighted by atomic mass is 16.2. The van der Waals surface area contributed by atoms with Crippen LogP contribution in [0.1, 0.15) is 36.8 Å². The van der Waals surface area contributed by atoms with E-state index in [9.17, 15) is 9.59 Å². The molecule has 0 saturated heterocycles. The van der Waals surface area contributed by atoms with Gasteiger partial charge in [0.25, 0.3) is 5.91 Å². The highest BCUT2D eigenvalue weighted by Crippen LogP contribution is 2.04. The maximum Gasteiger partial charge on any atom is 0.259 e. The number of carbonyl (C=O) groups is 1. The topological polar surface area (TPSA) is 53.2 Å². The van der Waals surface area contributed by atoms with Gasteiger partial charge in [-0.05, 0) is 27.7 Å². The van der Waals surface area contributed by atoms with Crippen molar-refractivity contribution < 1.29 is 4.79 Å². The van der Waals surface area contributed by atoms with Gasteiger partial charge in [0, 0.05) is 30.5 Å². The molecule has 1 N–H and O–H groups in total. The minimum Gasteiger partial charge on any atom is -0.364 e. The lowest BCUT2D eigenvalue weighted by Gasteiger charge is -2.24. The summed E-state index contributed by atoms with van der Waals surface area (Å²) in [4.78, 5) is 28.3. The number of carbonyl (C=O) groups excluding carboxylic acids is 1. The SMILES string of the molecule is CCN(C(=O)c1c[nH]c(C)cc1=O)C(C)C. The Balaban J connectivity index is 3.09. The first-order valence-corrected chi connectivity index (χ1v) is 5.47. The van der Waals surface area contributed by atoms with Crippen LogP contribution in [0.5, 0.6) is 0 Å². The smallest absolute Gasteiger partial charge is 0.259 e. The highest BCUT2D eigenvalue weighted by Gasteiger charge is 2.19. The number of aryl methyl sites for hydroxylation is 1. The van der Waals surface area contributed by atoms with Crippen LogP contribution in [0.3, 0.4) is 0 Å². The van der Waals surface area contributed by atoms with Crippen molar-refractivity contribution in [2.24, 2.45) is 0 Å². The molecule has 0 saturated carbocycles. The zero-order chi connectivity index (χ0) is 12.3. The van der Waals surface area contributed by atoms with E-state index in [4.69, 9.17) is 0 Å². The number of aromatic nitrogens is 1. The van der Waals surface area contributed by atoms with Gasteiger partial charge in [0.2, 0.25) is 0 Å². The van der Waals surface area contributed by atoms with Crippen molar-refractivity contribution in [3.63, 3.8) is 0 Å². The number of amides is 1. The van der Waals surface area contributed by atoms with E-state index in [1.54, 1.807) is 11.8 Å². The van der Waals surface area contributed by atoms with Gasteiger partial charge in [0.1, 0.15) is 5.56 Å². The zero-order valence-corrected chi connectivity index (χ0v) is 10.2. The van der Waals surface area contributed by atoms with Crippen molar-refractivity contribution in [2.45, 2.75) is 33.7 Å². The third kappa shape index (κ3) is 2.51. The van der Waals surface area contributed by atoms with Gasteiger partial charge in [-0.25, -0.2) is 0 Å². The summed E-state index contributed by atoms with van der Waals surface area (Å²) in [5.74, 6) is -0.209.